The van der Waals surface area contributed by atoms with Crippen LogP contribution in [0, 0.1) is 6.92 Å². The van der Waals surface area contributed by atoms with Gasteiger partial charge in [0.1, 0.15) is 24.2 Å². The summed E-state index contributed by atoms with van der Waals surface area (Å²) in [5.41, 5.74) is 7.54. The van der Waals surface area contributed by atoms with Crippen LogP contribution in [-0.2, 0) is 4.57 Å². The Balaban J connectivity index is 2.02. The largest absolute Gasteiger partial charge is 0.451 e. The van der Waals surface area contributed by atoms with Crippen molar-refractivity contribution in [3.63, 3.8) is 0 Å². The SMILES string of the molecule is Cc1ncc(Oc2cc(P3(=O)CCCC3)ncc2C(C)C)c(N)n1. The maximum atomic E-state index is 13.0. The van der Waals surface area contributed by atoms with Gasteiger partial charge in [-0.1, -0.05) is 13.8 Å². The van der Waals surface area contributed by atoms with Gasteiger partial charge < -0.3 is 15.0 Å². The first-order valence-corrected chi connectivity index (χ1v) is 10.3. The second kappa shape index (κ2) is 6.52. The molecule has 6 nitrogen and oxygen atoms in total. The number of hydrogen-bond acceptors (Lipinski definition) is 6. The van der Waals surface area contributed by atoms with Gasteiger partial charge in [-0.3, -0.25) is 4.98 Å². The molecule has 0 amide bonds. The van der Waals surface area contributed by atoms with Crippen LogP contribution in [0.4, 0.5) is 5.82 Å². The number of anilines is 1. The van der Waals surface area contributed by atoms with Crippen LogP contribution in [0.1, 0.15) is 44.0 Å². The molecule has 0 aliphatic carbocycles. The minimum absolute atomic E-state index is 0.221. The number of hydrogen-bond donors (Lipinski definition) is 1. The summed E-state index contributed by atoms with van der Waals surface area (Å²) in [5.74, 6) is 2.15. The Bertz CT molecular complexity index is 797. The maximum absolute atomic E-state index is 13.0. The molecule has 1 fully saturated rings. The van der Waals surface area contributed by atoms with Crippen molar-refractivity contribution in [3.05, 3.63) is 29.8 Å². The molecule has 0 aromatic carbocycles. The van der Waals surface area contributed by atoms with Crippen molar-refractivity contribution in [3.8, 4) is 11.5 Å². The van der Waals surface area contributed by atoms with Crippen molar-refractivity contribution in [1.29, 1.82) is 0 Å². The standard InChI is InChI=1S/C17H23N4O2P/c1-11(2)13-9-20-16(24(22)6-4-5-7-24)8-14(13)23-15-10-19-12(3)21-17(15)18/h8-11H,4-7H2,1-3H3,(H2,18,19,21). The van der Waals surface area contributed by atoms with Crippen molar-refractivity contribution >= 4 is 18.4 Å². The summed E-state index contributed by atoms with van der Waals surface area (Å²) in [7, 11) is -2.38. The van der Waals surface area contributed by atoms with Gasteiger partial charge in [0.2, 0.25) is 0 Å². The number of rotatable bonds is 4. The first-order valence-electron chi connectivity index (χ1n) is 8.24. The van der Waals surface area contributed by atoms with Crippen LogP contribution >= 0.6 is 7.14 Å². The van der Waals surface area contributed by atoms with E-state index in [9.17, 15) is 4.57 Å². The third-order valence-corrected chi connectivity index (χ3v) is 7.49. The monoisotopic (exact) mass is 346 g/mol. The van der Waals surface area contributed by atoms with E-state index in [0.717, 1.165) is 30.7 Å². The van der Waals surface area contributed by atoms with Gasteiger partial charge in [-0.15, -0.1) is 0 Å². The number of nitrogen functional groups attached to an aromatic ring is 1. The number of nitrogens with two attached hydrogens (primary N) is 1. The molecule has 0 atom stereocenters. The molecule has 1 saturated heterocycles. The van der Waals surface area contributed by atoms with Crippen LogP contribution in [0.5, 0.6) is 11.5 Å². The van der Waals surface area contributed by atoms with Gasteiger partial charge in [-0.05, 0) is 25.7 Å². The lowest BCUT2D eigenvalue weighted by molar-refractivity contribution is 0.470. The Morgan fingerprint density at radius 3 is 2.50 bits per heavy atom. The molecule has 0 bridgehead atoms. The summed E-state index contributed by atoms with van der Waals surface area (Å²) in [6.45, 7) is 5.91. The topological polar surface area (TPSA) is 91.0 Å². The normalized spacial score (nSPS) is 16.5. The van der Waals surface area contributed by atoms with Crippen LogP contribution in [-0.4, -0.2) is 27.3 Å². The predicted octanol–water partition coefficient (Wildman–Crippen LogP) is 3.46. The predicted molar refractivity (Wildman–Crippen MR) is 95.8 cm³/mol. The average molecular weight is 346 g/mol. The Labute approximate surface area is 142 Å². The number of ether oxygens (including phenoxy) is 1. The van der Waals surface area contributed by atoms with E-state index in [1.54, 1.807) is 19.3 Å². The molecule has 3 heterocycles. The molecule has 3 rings (SSSR count). The van der Waals surface area contributed by atoms with Gasteiger partial charge in [0.25, 0.3) is 0 Å². The summed E-state index contributed by atoms with van der Waals surface area (Å²) in [5, 5.41) is 0. The third-order valence-electron chi connectivity index (χ3n) is 4.33. The molecule has 2 N–H and O–H groups in total. The minimum atomic E-state index is -2.38. The molecule has 0 unspecified atom stereocenters. The van der Waals surface area contributed by atoms with E-state index in [4.69, 9.17) is 10.5 Å². The van der Waals surface area contributed by atoms with Crippen molar-refractivity contribution < 1.29 is 9.30 Å². The van der Waals surface area contributed by atoms with Gasteiger partial charge in [-0.2, -0.15) is 0 Å². The van der Waals surface area contributed by atoms with Crippen LogP contribution in [0.25, 0.3) is 0 Å². The lowest BCUT2D eigenvalue weighted by Gasteiger charge is -2.17. The number of nitrogens with zero attached hydrogens (tertiary/aromatic N) is 3. The molecule has 1 aliphatic rings. The summed E-state index contributed by atoms with van der Waals surface area (Å²) < 4.78 is 19.0. The van der Waals surface area contributed by atoms with E-state index in [0.29, 0.717) is 28.6 Å². The zero-order valence-corrected chi connectivity index (χ0v) is 15.2. The Morgan fingerprint density at radius 1 is 1.17 bits per heavy atom. The van der Waals surface area contributed by atoms with Gasteiger partial charge in [-0.25, -0.2) is 9.97 Å². The molecule has 7 heteroatoms. The molecule has 128 valence electrons. The van der Waals surface area contributed by atoms with E-state index < -0.39 is 7.14 Å². The van der Waals surface area contributed by atoms with Gasteiger partial charge in [0, 0.05) is 30.2 Å². The van der Waals surface area contributed by atoms with E-state index in [1.165, 1.54) is 0 Å². The number of pyridine rings is 1. The maximum Gasteiger partial charge on any atom is 0.187 e. The van der Waals surface area contributed by atoms with E-state index >= 15 is 0 Å². The molecule has 24 heavy (non-hydrogen) atoms. The molecule has 0 radical (unpaired) electrons. The molecule has 2 aromatic heterocycles. The first-order chi connectivity index (χ1) is 11.4. The molecule has 1 aliphatic heterocycles. The van der Waals surface area contributed by atoms with Crippen molar-refractivity contribution in [2.75, 3.05) is 18.1 Å². The van der Waals surface area contributed by atoms with Gasteiger partial charge in [0.15, 0.2) is 11.6 Å². The Kier molecular flexibility index (Phi) is 4.59. The van der Waals surface area contributed by atoms with Gasteiger partial charge in [0.05, 0.1) is 6.20 Å². The summed E-state index contributed by atoms with van der Waals surface area (Å²) in [6.07, 6.45) is 6.81. The third kappa shape index (κ3) is 3.29. The Morgan fingerprint density at radius 2 is 1.88 bits per heavy atom. The zero-order valence-electron chi connectivity index (χ0n) is 14.3. The zero-order chi connectivity index (χ0) is 17.3. The van der Waals surface area contributed by atoms with Crippen LogP contribution in [0.15, 0.2) is 18.5 Å². The van der Waals surface area contributed by atoms with E-state index in [2.05, 4.69) is 28.8 Å². The highest BCUT2D eigenvalue weighted by molar-refractivity contribution is 7.71. The van der Waals surface area contributed by atoms with Crippen molar-refractivity contribution in [2.45, 2.75) is 39.5 Å². The highest BCUT2D eigenvalue weighted by atomic mass is 31.2. The molecule has 2 aromatic rings. The lowest BCUT2D eigenvalue weighted by Crippen LogP contribution is -2.13. The number of aromatic nitrogens is 3. The fourth-order valence-electron chi connectivity index (χ4n) is 2.93. The summed E-state index contributed by atoms with van der Waals surface area (Å²) in [4.78, 5) is 12.8. The van der Waals surface area contributed by atoms with Crippen molar-refractivity contribution in [2.24, 2.45) is 0 Å². The lowest BCUT2D eigenvalue weighted by atomic mass is 10.1. The number of aryl methyl sites for hydroxylation is 1. The molecular weight excluding hydrogens is 323 g/mol. The van der Waals surface area contributed by atoms with Crippen LogP contribution in [0.3, 0.4) is 0 Å². The average Bonchev–Trinajstić information content (AvgIpc) is 2.98. The highest BCUT2D eigenvalue weighted by Gasteiger charge is 2.31. The quantitative estimate of drug-likeness (QED) is 0.853. The molecular formula is C17H23N4O2P. The smallest absolute Gasteiger partial charge is 0.187 e. The second-order valence-electron chi connectivity index (χ2n) is 6.55. The Hall–Kier alpha value is -1.94. The fraction of sp³-hybridized carbons (Fsp3) is 0.471. The molecule has 0 saturated carbocycles. The van der Waals surface area contributed by atoms with Crippen LogP contribution < -0.4 is 15.9 Å². The minimum Gasteiger partial charge on any atom is -0.451 e. The van der Waals surface area contributed by atoms with Crippen molar-refractivity contribution in [1.82, 2.24) is 15.0 Å². The second-order valence-corrected chi connectivity index (χ2v) is 9.68. The first kappa shape index (κ1) is 16.9. The molecule has 0 spiro atoms. The fourth-order valence-corrected chi connectivity index (χ4v) is 5.70. The van der Waals surface area contributed by atoms with Crippen LogP contribution in [0.2, 0.25) is 0 Å². The van der Waals surface area contributed by atoms with Gasteiger partial charge >= 0.3 is 0 Å². The summed E-state index contributed by atoms with van der Waals surface area (Å²) in [6, 6.07) is 1.82. The highest BCUT2D eigenvalue weighted by Crippen LogP contribution is 2.51. The van der Waals surface area contributed by atoms with E-state index in [-0.39, 0.29) is 5.92 Å². The summed E-state index contributed by atoms with van der Waals surface area (Å²) >= 11 is 0. The van der Waals surface area contributed by atoms with E-state index in [1.807, 2.05) is 6.07 Å².